The normalized spacial score (nSPS) is 20.8. The van der Waals surface area contributed by atoms with Gasteiger partial charge >= 0.3 is 0 Å². The van der Waals surface area contributed by atoms with Gasteiger partial charge in [0.2, 0.25) is 11.8 Å². The lowest BCUT2D eigenvalue weighted by Gasteiger charge is -2.52. The van der Waals surface area contributed by atoms with E-state index in [9.17, 15) is 9.59 Å². The summed E-state index contributed by atoms with van der Waals surface area (Å²) in [5.74, 6) is 1.47. The number of fused-ring (bicyclic) bond motifs is 1. The molecule has 11 heteroatoms. The Kier molecular flexibility index (Phi) is 11.3. The molecule has 2 aromatic heterocycles. The minimum Gasteiger partial charge on any atom is -0.342 e. The van der Waals surface area contributed by atoms with Crippen molar-refractivity contribution in [2.45, 2.75) is 103 Å². The van der Waals surface area contributed by atoms with Crippen molar-refractivity contribution in [3.63, 3.8) is 0 Å². The van der Waals surface area contributed by atoms with Crippen molar-refractivity contribution in [3.05, 3.63) is 47.4 Å². The van der Waals surface area contributed by atoms with Gasteiger partial charge in [0, 0.05) is 37.4 Å². The van der Waals surface area contributed by atoms with Crippen molar-refractivity contribution in [2.75, 3.05) is 19.6 Å². The number of rotatable bonds is 8. The van der Waals surface area contributed by atoms with Crippen molar-refractivity contribution < 1.29 is 9.59 Å². The van der Waals surface area contributed by atoms with Crippen LogP contribution in [0.15, 0.2) is 30.5 Å². The van der Waals surface area contributed by atoms with Crippen LogP contribution in [0.2, 0.25) is 0 Å². The predicted molar refractivity (Wildman–Crippen MR) is 178 cm³/mol. The van der Waals surface area contributed by atoms with Gasteiger partial charge < -0.3 is 10.2 Å². The van der Waals surface area contributed by atoms with Crippen molar-refractivity contribution in [3.8, 4) is 5.82 Å². The lowest BCUT2D eigenvalue weighted by Crippen LogP contribution is -2.73. The number of benzene rings is 1. The molecule has 1 N–H and O–H groups in total. The topological polar surface area (TPSA) is 96.2 Å². The highest BCUT2D eigenvalue weighted by Crippen LogP contribution is 2.36. The third-order valence-electron chi connectivity index (χ3n) is 10.00. The van der Waals surface area contributed by atoms with Crippen LogP contribution >= 0.6 is 24.8 Å². The molecule has 1 spiro atoms. The van der Waals surface area contributed by atoms with Gasteiger partial charge in [-0.2, -0.15) is 5.10 Å². The zero-order valence-corrected chi connectivity index (χ0v) is 27.9. The molecular formula is C33H47Cl2N7O2. The number of aromatic nitrogens is 4. The number of likely N-dealkylation sites (tertiary alicyclic amines) is 1. The molecule has 4 heterocycles. The first kappa shape index (κ1) is 34.1. The zero-order chi connectivity index (χ0) is 29.3. The largest absolute Gasteiger partial charge is 0.342 e. The highest BCUT2D eigenvalue weighted by Gasteiger charge is 2.53. The average molecular weight is 645 g/mol. The van der Waals surface area contributed by atoms with E-state index in [0.717, 1.165) is 61.3 Å². The highest BCUT2D eigenvalue weighted by molar-refractivity contribution is 6.00. The average Bonchev–Trinajstić information content (AvgIpc) is 3.29. The molecule has 1 atom stereocenters. The van der Waals surface area contributed by atoms with Crippen LogP contribution in [0.4, 0.5) is 0 Å². The number of hydrogen-bond acceptors (Lipinski definition) is 6. The van der Waals surface area contributed by atoms with Gasteiger partial charge in [-0.25, -0.2) is 9.67 Å². The Morgan fingerprint density at radius 3 is 2.41 bits per heavy atom. The molecule has 1 aliphatic carbocycles. The number of para-hydroxylation sites is 2. The molecule has 2 aliphatic heterocycles. The minimum atomic E-state index is -0.735. The van der Waals surface area contributed by atoms with Gasteiger partial charge in [-0.05, 0) is 57.6 Å². The van der Waals surface area contributed by atoms with Crippen LogP contribution in [0.3, 0.4) is 0 Å². The van der Waals surface area contributed by atoms with Crippen LogP contribution in [0.5, 0.6) is 0 Å². The molecule has 0 unspecified atom stereocenters. The molecular weight excluding hydrogens is 597 g/mol. The Balaban J connectivity index is 0.00000221. The summed E-state index contributed by atoms with van der Waals surface area (Å²) in [5, 5.41) is 8.05. The third kappa shape index (κ3) is 6.60. The number of unbranched alkanes of at least 4 members (excludes halogenated alkanes) is 1. The Morgan fingerprint density at radius 1 is 1.00 bits per heavy atom. The fourth-order valence-electron chi connectivity index (χ4n) is 7.41. The Hall–Kier alpha value is -2.75. The van der Waals surface area contributed by atoms with E-state index in [1.165, 1.54) is 37.7 Å². The number of hydrogen-bond donors (Lipinski definition) is 1. The van der Waals surface area contributed by atoms with Gasteiger partial charge in [-0.3, -0.25) is 19.5 Å². The summed E-state index contributed by atoms with van der Waals surface area (Å²) in [6.45, 7) is 9.23. The Bertz CT molecular complexity index is 1450. The van der Waals surface area contributed by atoms with E-state index in [2.05, 4.69) is 29.0 Å². The quantitative estimate of drug-likeness (QED) is 0.338. The van der Waals surface area contributed by atoms with E-state index in [1.54, 1.807) is 6.20 Å². The standard InChI is InChI=1S/C33H45N7O2.2ClH/c1-4-5-17-39-31(41)29(20-25-11-7-6-8-12-25)36-32(42)33(39)15-18-38(19-16-33)22-26-23(2)37-40(24(26)3)30-21-34-27-13-9-10-14-28(27)35-30;;/h9-10,13-14,21,25,29H,4-8,11-12,15-20,22H2,1-3H3,(H,36,42);2*1H/t29-;;/m0../s1. The van der Waals surface area contributed by atoms with E-state index in [4.69, 9.17) is 10.1 Å². The summed E-state index contributed by atoms with van der Waals surface area (Å²) in [4.78, 5) is 41.5. The second kappa shape index (κ2) is 14.6. The molecule has 2 saturated heterocycles. The second-order valence-corrected chi connectivity index (χ2v) is 12.7. The number of amides is 2. The maximum atomic E-state index is 13.9. The molecule has 6 rings (SSSR count). The van der Waals surface area contributed by atoms with Gasteiger partial charge in [0.15, 0.2) is 5.82 Å². The number of carbonyl (C=O) groups is 2. The molecule has 1 aromatic carbocycles. The summed E-state index contributed by atoms with van der Waals surface area (Å²) < 4.78 is 1.89. The monoisotopic (exact) mass is 643 g/mol. The van der Waals surface area contributed by atoms with Gasteiger partial charge in [0.25, 0.3) is 0 Å². The van der Waals surface area contributed by atoms with E-state index >= 15 is 0 Å². The molecule has 0 radical (unpaired) electrons. The molecule has 3 aliphatic rings. The predicted octanol–water partition coefficient (Wildman–Crippen LogP) is 5.71. The summed E-state index contributed by atoms with van der Waals surface area (Å²) in [7, 11) is 0. The van der Waals surface area contributed by atoms with E-state index in [0.29, 0.717) is 31.1 Å². The fraction of sp³-hybridized carbons (Fsp3) is 0.606. The van der Waals surface area contributed by atoms with Crippen LogP contribution in [-0.2, 0) is 16.1 Å². The van der Waals surface area contributed by atoms with E-state index in [-0.39, 0.29) is 42.7 Å². The number of piperazine rings is 1. The number of halogens is 2. The van der Waals surface area contributed by atoms with Crippen LogP contribution in [0.25, 0.3) is 16.9 Å². The summed E-state index contributed by atoms with van der Waals surface area (Å²) in [5.41, 5.74) is 4.19. The summed E-state index contributed by atoms with van der Waals surface area (Å²) in [6, 6.07) is 7.50. The Morgan fingerprint density at radius 2 is 1.70 bits per heavy atom. The van der Waals surface area contributed by atoms with Crippen LogP contribution in [-0.4, -0.2) is 72.6 Å². The first-order valence-electron chi connectivity index (χ1n) is 16.0. The molecule has 44 heavy (non-hydrogen) atoms. The van der Waals surface area contributed by atoms with Crippen LogP contribution in [0.1, 0.15) is 88.1 Å². The highest BCUT2D eigenvalue weighted by atomic mass is 35.5. The van der Waals surface area contributed by atoms with Crippen molar-refractivity contribution >= 4 is 47.7 Å². The SMILES string of the molecule is CCCCN1C(=O)[C@H](CC2CCCCC2)NC(=O)C12CCN(Cc1c(C)nn(-c3cnc4ccccc4n3)c1C)CC2.Cl.Cl. The van der Waals surface area contributed by atoms with Crippen LogP contribution < -0.4 is 5.32 Å². The Labute approximate surface area is 273 Å². The summed E-state index contributed by atoms with van der Waals surface area (Å²) >= 11 is 0. The lowest BCUT2D eigenvalue weighted by atomic mass is 9.79. The minimum absolute atomic E-state index is 0. The van der Waals surface area contributed by atoms with Crippen molar-refractivity contribution in [1.29, 1.82) is 0 Å². The maximum Gasteiger partial charge on any atom is 0.246 e. The van der Waals surface area contributed by atoms with Gasteiger partial charge in [0.1, 0.15) is 11.6 Å². The molecule has 240 valence electrons. The number of carbonyl (C=O) groups excluding carboxylic acids is 2. The summed E-state index contributed by atoms with van der Waals surface area (Å²) in [6.07, 6.45) is 12.0. The lowest BCUT2D eigenvalue weighted by molar-refractivity contribution is -0.162. The zero-order valence-electron chi connectivity index (χ0n) is 26.3. The number of nitrogens with zero attached hydrogens (tertiary/aromatic N) is 6. The van der Waals surface area contributed by atoms with Gasteiger partial charge in [0.05, 0.1) is 22.9 Å². The van der Waals surface area contributed by atoms with Crippen molar-refractivity contribution in [2.24, 2.45) is 5.92 Å². The number of nitrogens with one attached hydrogen (secondary N) is 1. The smallest absolute Gasteiger partial charge is 0.246 e. The van der Waals surface area contributed by atoms with Crippen molar-refractivity contribution in [1.82, 2.24) is 34.9 Å². The third-order valence-corrected chi connectivity index (χ3v) is 10.00. The van der Waals surface area contributed by atoms with Gasteiger partial charge in [-0.1, -0.05) is 57.6 Å². The molecule has 3 aromatic rings. The molecule has 2 amide bonds. The molecule has 9 nitrogen and oxygen atoms in total. The fourth-order valence-corrected chi connectivity index (χ4v) is 7.41. The maximum absolute atomic E-state index is 13.9. The number of aryl methyl sites for hydroxylation is 1. The number of piperidine rings is 1. The first-order chi connectivity index (χ1) is 20.4. The van der Waals surface area contributed by atoms with Gasteiger partial charge in [-0.15, -0.1) is 24.8 Å². The molecule has 3 fully saturated rings. The van der Waals surface area contributed by atoms with E-state index in [1.807, 2.05) is 40.8 Å². The first-order valence-corrected chi connectivity index (χ1v) is 16.0. The molecule has 1 saturated carbocycles. The molecule has 0 bridgehead atoms. The second-order valence-electron chi connectivity index (χ2n) is 12.7. The van der Waals surface area contributed by atoms with Crippen LogP contribution in [0, 0.1) is 19.8 Å². The van der Waals surface area contributed by atoms with E-state index < -0.39 is 5.54 Å².